The lowest BCUT2D eigenvalue weighted by Gasteiger charge is -2.22. The lowest BCUT2D eigenvalue weighted by molar-refractivity contribution is 0.579. The van der Waals surface area contributed by atoms with Crippen LogP contribution in [0.1, 0.15) is 20.3 Å². The van der Waals surface area contributed by atoms with Gasteiger partial charge >= 0.3 is 0 Å². The van der Waals surface area contributed by atoms with Gasteiger partial charge in [0.05, 0.1) is 11.9 Å². The topological polar surface area (TPSA) is 37.2 Å². The molecule has 128 valence electrons. The van der Waals surface area contributed by atoms with Gasteiger partial charge in [0, 0.05) is 17.3 Å². The van der Waals surface area contributed by atoms with Gasteiger partial charge in [-0.15, -0.1) is 0 Å². The molecule has 2 unspecified atom stereocenters. The highest BCUT2D eigenvalue weighted by Gasteiger charge is 2.13. The molecule has 25 heavy (non-hydrogen) atoms. The molecule has 0 aliphatic heterocycles. The molecular formula is C22H24N2O. The van der Waals surface area contributed by atoms with E-state index in [2.05, 4.69) is 73.0 Å². The standard InChI is InChI=1S/C22H24N2O/c1-15-8-3-4-9-17(15)14-23-16(2)24-20-12-7-11-19-18-10-5-6-13-21(18)25-22(19)20/h3-7,9-13,15-16,23-24H,8,14H2,1-2H3. The number of hydrogen-bond acceptors (Lipinski definition) is 3. The van der Waals surface area contributed by atoms with Gasteiger partial charge in [-0.05, 0) is 31.4 Å². The van der Waals surface area contributed by atoms with Crippen molar-refractivity contribution in [2.45, 2.75) is 26.4 Å². The molecule has 3 aromatic rings. The second kappa shape index (κ2) is 6.77. The number of fused-ring (bicyclic) bond motifs is 3. The molecule has 1 aliphatic rings. The summed E-state index contributed by atoms with van der Waals surface area (Å²) in [5.74, 6) is 0.614. The molecule has 4 rings (SSSR count). The van der Waals surface area contributed by atoms with Crippen LogP contribution in [0.4, 0.5) is 5.69 Å². The number of benzene rings is 2. The van der Waals surface area contributed by atoms with Crippen LogP contribution >= 0.6 is 0 Å². The highest BCUT2D eigenvalue weighted by molar-refractivity contribution is 6.08. The SMILES string of the molecule is CC(NCC1=CC=CCC1C)Nc1cccc2c1oc1ccccc12. The zero-order chi connectivity index (χ0) is 17.2. The van der Waals surface area contributed by atoms with Crippen molar-refractivity contribution >= 4 is 27.6 Å². The summed E-state index contributed by atoms with van der Waals surface area (Å²) in [6.07, 6.45) is 7.90. The predicted octanol–water partition coefficient (Wildman–Crippen LogP) is 5.46. The van der Waals surface area contributed by atoms with E-state index in [9.17, 15) is 0 Å². The summed E-state index contributed by atoms with van der Waals surface area (Å²) in [7, 11) is 0. The smallest absolute Gasteiger partial charge is 0.158 e. The average Bonchev–Trinajstić information content (AvgIpc) is 3.01. The van der Waals surface area contributed by atoms with Crippen LogP contribution in [0.3, 0.4) is 0 Å². The fourth-order valence-electron chi connectivity index (χ4n) is 3.44. The Kier molecular flexibility index (Phi) is 4.33. The first-order chi connectivity index (χ1) is 12.2. The van der Waals surface area contributed by atoms with E-state index in [1.54, 1.807) is 0 Å². The van der Waals surface area contributed by atoms with Crippen LogP contribution in [0, 0.1) is 5.92 Å². The van der Waals surface area contributed by atoms with Gasteiger partial charge in [-0.25, -0.2) is 0 Å². The highest BCUT2D eigenvalue weighted by Crippen LogP contribution is 2.33. The van der Waals surface area contributed by atoms with Gasteiger partial charge < -0.3 is 9.73 Å². The number of allylic oxidation sites excluding steroid dienone is 3. The Bertz CT molecular complexity index is 951. The van der Waals surface area contributed by atoms with Gasteiger partial charge in [-0.2, -0.15) is 0 Å². The molecule has 1 aliphatic carbocycles. The van der Waals surface area contributed by atoms with Crippen LogP contribution in [-0.4, -0.2) is 12.7 Å². The lowest BCUT2D eigenvalue weighted by atomic mass is 9.93. The first-order valence-corrected chi connectivity index (χ1v) is 8.98. The van der Waals surface area contributed by atoms with Gasteiger partial charge in [-0.3, -0.25) is 5.32 Å². The molecule has 0 spiro atoms. The first-order valence-electron chi connectivity index (χ1n) is 8.98. The minimum Gasteiger partial charge on any atom is -0.454 e. The molecule has 0 saturated heterocycles. The van der Waals surface area contributed by atoms with E-state index in [0.717, 1.165) is 40.6 Å². The van der Waals surface area contributed by atoms with Gasteiger partial charge in [-0.1, -0.05) is 61.1 Å². The molecule has 0 bridgehead atoms. The summed E-state index contributed by atoms with van der Waals surface area (Å²) in [5.41, 5.74) is 4.34. The third-order valence-electron chi connectivity index (χ3n) is 4.96. The fourth-order valence-corrected chi connectivity index (χ4v) is 3.44. The molecule has 0 saturated carbocycles. The third kappa shape index (κ3) is 3.20. The van der Waals surface area contributed by atoms with E-state index in [1.807, 2.05) is 12.1 Å². The molecule has 3 nitrogen and oxygen atoms in total. The number of furan rings is 1. The monoisotopic (exact) mass is 332 g/mol. The Morgan fingerprint density at radius 1 is 1.12 bits per heavy atom. The number of rotatable bonds is 5. The number of hydrogen-bond donors (Lipinski definition) is 2. The molecular weight excluding hydrogens is 308 g/mol. The Morgan fingerprint density at radius 2 is 1.96 bits per heavy atom. The van der Waals surface area contributed by atoms with E-state index in [4.69, 9.17) is 4.42 Å². The van der Waals surface area contributed by atoms with Crippen LogP contribution in [-0.2, 0) is 0 Å². The summed E-state index contributed by atoms with van der Waals surface area (Å²) >= 11 is 0. The first kappa shape index (κ1) is 16.0. The number of anilines is 1. The van der Waals surface area contributed by atoms with Gasteiger partial charge in [0.25, 0.3) is 0 Å². The lowest BCUT2D eigenvalue weighted by Crippen LogP contribution is -2.35. The van der Waals surface area contributed by atoms with Crippen LogP contribution in [0.5, 0.6) is 0 Å². The van der Waals surface area contributed by atoms with Gasteiger partial charge in [0.1, 0.15) is 5.58 Å². The summed E-state index contributed by atoms with van der Waals surface area (Å²) < 4.78 is 6.09. The maximum atomic E-state index is 6.09. The fraction of sp³-hybridized carbons (Fsp3) is 0.273. The molecule has 0 radical (unpaired) electrons. The summed E-state index contributed by atoms with van der Waals surface area (Å²) in [4.78, 5) is 0. The maximum Gasteiger partial charge on any atom is 0.158 e. The molecule has 1 aromatic heterocycles. The molecule has 3 heteroatoms. The van der Waals surface area contributed by atoms with E-state index < -0.39 is 0 Å². The van der Waals surface area contributed by atoms with Crippen molar-refractivity contribution in [3.8, 4) is 0 Å². The minimum absolute atomic E-state index is 0.151. The second-order valence-corrected chi connectivity index (χ2v) is 6.83. The highest BCUT2D eigenvalue weighted by atomic mass is 16.3. The Labute approximate surface area is 148 Å². The van der Waals surface area contributed by atoms with Crippen molar-refractivity contribution in [2.75, 3.05) is 11.9 Å². The minimum atomic E-state index is 0.151. The van der Waals surface area contributed by atoms with Crippen LogP contribution < -0.4 is 10.6 Å². The van der Waals surface area contributed by atoms with Crippen molar-refractivity contribution in [1.82, 2.24) is 5.32 Å². The third-order valence-corrected chi connectivity index (χ3v) is 4.96. The van der Waals surface area contributed by atoms with Gasteiger partial charge in [0.2, 0.25) is 0 Å². The molecule has 2 N–H and O–H groups in total. The van der Waals surface area contributed by atoms with E-state index in [1.165, 1.54) is 5.57 Å². The van der Waals surface area contributed by atoms with Crippen molar-refractivity contribution in [3.63, 3.8) is 0 Å². The maximum absolute atomic E-state index is 6.09. The van der Waals surface area contributed by atoms with Crippen molar-refractivity contribution < 1.29 is 4.42 Å². The zero-order valence-corrected chi connectivity index (χ0v) is 14.8. The normalized spacial score (nSPS) is 18.5. The Hall–Kier alpha value is -2.52. The van der Waals surface area contributed by atoms with E-state index in [0.29, 0.717) is 5.92 Å². The van der Waals surface area contributed by atoms with Crippen molar-refractivity contribution in [2.24, 2.45) is 5.92 Å². The van der Waals surface area contributed by atoms with Crippen molar-refractivity contribution in [3.05, 3.63) is 66.3 Å². The Balaban J connectivity index is 1.52. The van der Waals surface area contributed by atoms with Crippen molar-refractivity contribution in [1.29, 1.82) is 0 Å². The second-order valence-electron chi connectivity index (χ2n) is 6.83. The zero-order valence-electron chi connectivity index (χ0n) is 14.8. The largest absolute Gasteiger partial charge is 0.454 e. The molecule has 0 amide bonds. The van der Waals surface area contributed by atoms with Crippen LogP contribution in [0.2, 0.25) is 0 Å². The Morgan fingerprint density at radius 3 is 2.84 bits per heavy atom. The molecule has 1 heterocycles. The van der Waals surface area contributed by atoms with Crippen LogP contribution in [0.25, 0.3) is 21.9 Å². The summed E-state index contributed by atoms with van der Waals surface area (Å²) in [6.45, 7) is 5.32. The number of para-hydroxylation sites is 2. The van der Waals surface area contributed by atoms with Gasteiger partial charge in [0.15, 0.2) is 5.58 Å². The number of nitrogens with one attached hydrogen (secondary N) is 2. The summed E-state index contributed by atoms with van der Waals surface area (Å²) in [5, 5.41) is 9.44. The quantitative estimate of drug-likeness (QED) is 0.610. The molecule has 0 fully saturated rings. The van der Waals surface area contributed by atoms with E-state index in [-0.39, 0.29) is 6.17 Å². The molecule has 2 aromatic carbocycles. The summed E-state index contributed by atoms with van der Waals surface area (Å²) in [6, 6.07) is 14.5. The predicted molar refractivity (Wildman–Crippen MR) is 106 cm³/mol. The molecule has 2 atom stereocenters. The average molecular weight is 332 g/mol. The van der Waals surface area contributed by atoms with E-state index >= 15 is 0 Å². The van der Waals surface area contributed by atoms with Crippen LogP contribution in [0.15, 0.2) is 70.7 Å².